The third-order valence-electron chi connectivity index (χ3n) is 4.74. The molecule has 0 bridgehead atoms. The third-order valence-corrected chi connectivity index (χ3v) is 4.96. The molecule has 23 heavy (non-hydrogen) atoms. The van der Waals surface area contributed by atoms with Gasteiger partial charge in [0.2, 0.25) is 5.95 Å². The molecule has 0 spiro atoms. The lowest BCUT2D eigenvalue weighted by Crippen LogP contribution is -2.37. The van der Waals surface area contributed by atoms with E-state index >= 15 is 0 Å². The van der Waals surface area contributed by atoms with Crippen LogP contribution in [-0.2, 0) is 0 Å². The summed E-state index contributed by atoms with van der Waals surface area (Å²) in [5.41, 5.74) is 0.972. The average molecular weight is 334 g/mol. The highest BCUT2D eigenvalue weighted by Crippen LogP contribution is 2.23. The minimum Gasteiger partial charge on any atom is -0.360 e. The van der Waals surface area contributed by atoms with E-state index in [0.29, 0.717) is 17.1 Å². The lowest BCUT2D eigenvalue weighted by atomic mass is 10.0. The van der Waals surface area contributed by atoms with Crippen molar-refractivity contribution < 1.29 is 0 Å². The summed E-state index contributed by atoms with van der Waals surface area (Å²) in [5.74, 6) is 2.34. The summed E-state index contributed by atoms with van der Waals surface area (Å²) < 4.78 is 0. The molecule has 1 aliphatic heterocycles. The Morgan fingerprint density at radius 3 is 2.74 bits per heavy atom. The molecule has 126 valence electrons. The Hall–Kier alpha value is -1.43. The Labute approximate surface area is 144 Å². The van der Waals surface area contributed by atoms with Crippen molar-refractivity contribution in [2.24, 2.45) is 5.92 Å². The van der Waals surface area contributed by atoms with Gasteiger partial charge in [-0.25, -0.2) is 4.98 Å². The molecule has 2 fully saturated rings. The van der Waals surface area contributed by atoms with E-state index in [1.165, 1.54) is 38.5 Å². The Morgan fingerprint density at radius 2 is 2.00 bits per heavy atom. The number of rotatable bonds is 3. The minimum absolute atomic E-state index is 0.502. The highest BCUT2D eigenvalue weighted by atomic mass is 32.1. The van der Waals surface area contributed by atoms with E-state index in [9.17, 15) is 0 Å². The van der Waals surface area contributed by atoms with Crippen LogP contribution >= 0.6 is 12.2 Å². The second kappa shape index (κ2) is 7.43. The number of hydrogen-bond donors (Lipinski definition) is 2. The topological polar surface area (TPSA) is 53.1 Å². The van der Waals surface area contributed by atoms with E-state index in [-0.39, 0.29) is 0 Å². The summed E-state index contributed by atoms with van der Waals surface area (Å²) in [4.78, 5) is 11.5. The lowest BCUT2D eigenvalue weighted by molar-refractivity contribution is 0.444. The molecule has 1 atom stereocenters. The number of nitrogens with zero attached hydrogens (tertiary/aromatic N) is 3. The van der Waals surface area contributed by atoms with E-state index < -0.39 is 0 Å². The van der Waals surface area contributed by atoms with Gasteiger partial charge in [-0.3, -0.25) is 0 Å². The number of piperidine rings is 1. The van der Waals surface area contributed by atoms with Crippen molar-refractivity contribution in [3.05, 3.63) is 11.8 Å². The van der Waals surface area contributed by atoms with Crippen LogP contribution in [0, 0.1) is 12.8 Å². The Bertz CT molecular complexity index is 556. The first-order valence-electron chi connectivity index (χ1n) is 8.78. The van der Waals surface area contributed by atoms with Crippen molar-refractivity contribution in [3.8, 4) is 0 Å². The third kappa shape index (κ3) is 4.53. The highest BCUT2D eigenvalue weighted by Gasteiger charge is 2.19. The van der Waals surface area contributed by atoms with Crippen molar-refractivity contribution >= 4 is 29.1 Å². The second-order valence-electron chi connectivity index (χ2n) is 6.96. The number of thiocarbonyl (C=S) groups is 1. The summed E-state index contributed by atoms with van der Waals surface area (Å²) in [6.45, 7) is 6.46. The van der Waals surface area contributed by atoms with E-state index in [1.807, 2.05) is 6.92 Å². The van der Waals surface area contributed by atoms with Gasteiger partial charge in [0, 0.05) is 30.9 Å². The Kier molecular flexibility index (Phi) is 5.30. The smallest absolute Gasteiger partial charge is 0.231 e. The quantitative estimate of drug-likeness (QED) is 0.828. The number of aryl methyl sites for hydroxylation is 1. The fraction of sp³-hybridized carbons (Fsp3) is 0.706. The average Bonchev–Trinajstić information content (AvgIpc) is 2.99. The van der Waals surface area contributed by atoms with Gasteiger partial charge in [0.1, 0.15) is 5.82 Å². The van der Waals surface area contributed by atoms with E-state index in [0.717, 1.165) is 30.5 Å². The van der Waals surface area contributed by atoms with Crippen molar-refractivity contribution in [2.45, 2.75) is 58.4 Å². The largest absolute Gasteiger partial charge is 0.360 e. The normalized spacial score (nSPS) is 22.2. The molecule has 2 N–H and O–H groups in total. The molecule has 6 heteroatoms. The van der Waals surface area contributed by atoms with Gasteiger partial charge in [-0.1, -0.05) is 19.8 Å². The van der Waals surface area contributed by atoms with E-state index in [2.05, 4.69) is 38.5 Å². The molecule has 0 radical (unpaired) electrons. The first-order valence-corrected chi connectivity index (χ1v) is 9.19. The number of nitrogens with one attached hydrogen (secondary N) is 2. The molecule has 1 aromatic rings. The molecule has 3 rings (SSSR count). The summed E-state index contributed by atoms with van der Waals surface area (Å²) >= 11 is 5.42. The SMILES string of the molecule is Cc1cc(N2CCCC(C)C2)nc(NC(=S)NC2CCCC2)n1. The first kappa shape index (κ1) is 16.4. The van der Waals surface area contributed by atoms with Crippen LogP contribution in [-0.4, -0.2) is 34.2 Å². The van der Waals surface area contributed by atoms with Crippen LogP contribution in [0.2, 0.25) is 0 Å². The van der Waals surface area contributed by atoms with Gasteiger partial charge in [0.05, 0.1) is 0 Å². The fourth-order valence-corrected chi connectivity index (χ4v) is 3.82. The molecular weight excluding hydrogens is 306 g/mol. The molecule has 2 heterocycles. The van der Waals surface area contributed by atoms with Gasteiger partial charge in [-0.15, -0.1) is 0 Å². The summed E-state index contributed by atoms with van der Waals surface area (Å²) in [6, 6.07) is 2.57. The van der Waals surface area contributed by atoms with Gasteiger partial charge in [-0.2, -0.15) is 4.98 Å². The highest BCUT2D eigenvalue weighted by molar-refractivity contribution is 7.80. The zero-order valence-corrected chi connectivity index (χ0v) is 15.0. The summed E-state index contributed by atoms with van der Waals surface area (Å²) in [7, 11) is 0. The van der Waals surface area contributed by atoms with Crippen molar-refractivity contribution in [3.63, 3.8) is 0 Å². The van der Waals surface area contributed by atoms with Crippen LogP contribution in [0.25, 0.3) is 0 Å². The Morgan fingerprint density at radius 1 is 1.22 bits per heavy atom. The van der Waals surface area contributed by atoms with Gasteiger partial charge < -0.3 is 15.5 Å². The maximum atomic E-state index is 5.42. The lowest BCUT2D eigenvalue weighted by Gasteiger charge is -2.32. The van der Waals surface area contributed by atoms with Crippen molar-refractivity contribution in [2.75, 3.05) is 23.3 Å². The molecule has 0 aromatic carbocycles. The Balaban J connectivity index is 1.66. The molecule has 1 aromatic heterocycles. The van der Waals surface area contributed by atoms with E-state index in [1.54, 1.807) is 0 Å². The van der Waals surface area contributed by atoms with Crippen LogP contribution in [0.3, 0.4) is 0 Å². The zero-order valence-electron chi connectivity index (χ0n) is 14.1. The maximum Gasteiger partial charge on any atom is 0.231 e. The zero-order chi connectivity index (χ0) is 16.2. The molecule has 1 saturated heterocycles. The second-order valence-corrected chi connectivity index (χ2v) is 7.37. The van der Waals surface area contributed by atoms with Gasteiger partial charge in [0.15, 0.2) is 5.11 Å². The van der Waals surface area contributed by atoms with Crippen LogP contribution in [0.4, 0.5) is 11.8 Å². The van der Waals surface area contributed by atoms with Gasteiger partial charge in [0.25, 0.3) is 0 Å². The predicted molar refractivity (Wildman–Crippen MR) is 99.0 cm³/mol. The first-order chi connectivity index (χ1) is 11.1. The standard InChI is InChI=1S/C17H27N5S/c1-12-6-5-9-22(11-12)15-10-13(2)18-16(20-15)21-17(23)19-14-7-3-4-8-14/h10,12,14H,3-9,11H2,1-2H3,(H2,18,19,20,21,23). The van der Waals surface area contributed by atoms with Crippen LogP contribution < -0.4 is 15.5 Å². The summed E-state index contributed by atoms with van der Waals surface area (Å²) in [5, 5.41) is 7.19. The number of hydrogen-bond acceptors (Lipinski definition) is 4. The van der Waals surface area contributed by atoms with Crippen molar-refractivity contribution in [1.82, 2.24) is 15.3 Å². The van der Waals surface area contributed by atoms with Crippen molar-refractivity contribution in [1.29, 1.82) is 0 Å². The monoisotopic (exact) mass is 333 g/mol. The maximum absolute atomic E-state index is 5.42. The van der Waals surface area contributed by atoms with Crippen LogP contribution in [0.15, 0.2) is 6.07 Å². The van der Waals surface area contributed by atoms with Gasteiger partial charge in [-0.05, 0) is 50.7 Å². The molecule has 2 aliphatic rings. The minimum atomic E-state index is 0.502. The number of anilines is 2. The molecule has 1 saturated carbocycles. The number of aromatic nitrogens is 2. The molecular formula is C17H27N5S. The molecule has 1 unspecified atom stereocenters. The van der Waals surface area contributed by atoms with Crippen LogP contribution in [0.5, 0.6) is 0 Å². The van der Waals surface area contributed by atoms with E-state index in [4.69, 9.17) is 12.2 Å². The molecule has 0 amide bonds. The predicted octanol–water partition coefficient (Wildman–Crippen LogP) is 3.25. The van der Waals surface area contributed by atoms with Crippen LogP contribution in [0.1, 0.15) is 51.1 Å². The fourth-order valence-electron chi connectivity index (χ4n) is 3.56. The molecule has 5 nitrogen and oxygen atoms in total. The molecule has 1 aliphatic carbocycles. The van der Waals surface area contributed by atoms with Gasteiger partial charge >= 0.3 is 0 Å². The summed E-state index contributed by atoms with van der Waals surface area (Å²) in [6.07, 6.45) is 7.52.